The third-order valence-corrected chi connectivity index (χ3v) is 5.68. The molecular formula is C19H34IN3O4S. The van der Waals surface area contributed by atoms with E-state index in [1.807, 2.05) is 19.9 Å². The van der Waals surface area contributed by atoms with Crippen LogP contribution in [0.1, 0.15) is 26.7 Å². The van der Waals surface area contributed by atoms with Gasteiger partial charge in [-0.1, -0.05) is 25.1 Å². The molecule has 9 heteroatoms. The molecule has 0 aliphatic rings. The lowest BCUT2D eigenvalue weighted by molar-refractivity contribution is 0.0702. The minimum Gasteiger partial charge on any atom is -0.382 e. The van der Waals surface area contributed by atoms with Crippen LogP contribution in [0.5, 0.6) is 0 Å². The fourth-order valence-electron chi connectivity index (χ4n) is 2.37. The summed E-state index contributed by atoms with van der Waals surface area (Å²) in [5.41, 5.74) is 0. The molecule has 0 fully saturated rings. The lowest BCUT2D eigenvalue weighted by Crippen LogP contribution is -2.46. The summed E-state index contributed by atoms with van der Waals surface area (Å²) in [6, 6.07) is 8.33. The molecule has 7 nitrogen and oxygen atoms in total. The molecule has 1 aromatic carbocycles. The van der Waals surface area contributed by atoms with Crippen LogP contribution in [-0.2, 0) is 19.3 Å². The number of hydrogen-bond donors (Lipinski definition) is 2. The number of guanidine groups is 1. The first-order valence-electron chi connectivity index (χ1n) is 9.42. The number of halogens is 1. The number of rotatable bonds is 13. The summed E-state index contributed by atoms with van der Waals surface area (Å²) < 4.78 is 35.5. The van der Waals surface area contributed by atoms with Crippen molar-refractivity contribution in [3.05, 3.63) is 30.3 Å². The van der Waals surface area contributed by atoms with Gasteiger partial charge in [-0.15, -0.1) is 24.0 Å². The molecule has 0 heterocycles. The van der Waals surface area contributed by atoms with Gasteiger partial charge in [0.15, 0.2) is 15.8 Å². The van der Waals surface area contributed by atoms with E-state index in [2.05, 4.69) is 15.6 Å². The Morgan fingerprint density at radius 3 is 2.46 bits per heavy atom. The molecule has 1 unspecified atom stereocenters. The smallest absolute Gasteiger partial charge is 0.191 e. The molecule has 162 valence electrons. The van der Waals surface area contributed by atoms with Crippen LogP contribution in [0.3, 0.4) is 0 Å². The Balaban J connectivity index is 0.00000729. The van der Waals surface area contributed by atoms with Crippen LogP contribution >= 0.6 is 24.0 Å². The summed E-state index contributed by atoms with van der Waals surface area (Å²) in [5.74, 6) is 0.655. The van der Waals surface area contributed by atoms with Crippen molar-refractivity contribution in [3.8, 4) is 0 Å². The van der Waals surface area contributed by atoms with Crippen molar-refractivity contribution in [3.63, 3.8) is 0 Å². The highest BCUT2D eigenvalue weighted by molar-refractivity contribution is 14.0. The van der Waals surface area contributed by atoms with Gasteiger partial charge in [0.1, 0.15) is 0 Å². The molecule has 28 heavy (non-hydrogen) atoms. The zero-order valence-electron chi connectivity index (χ0n) is 17.0. The minimum absolute atomic E-state index is 0. The maximum Gasteiger partial charge on any atom is 0.191 e. The lowest BCUT2D eigenvalue weighted by Gasteiger charge is -2.20. The monoisotopic (exact) mass is 527 g/mol. The van der Waals surface area contributed by atoms with Gasteiger partial charge in [-0.2, -0.15) is 0 Å². The third kappa shape index (κ3) is 11.2. The molecule has 0 aliphatic carbocycles. The first kappa shape index (κ1) is 27.1. The van der Waals surface area contributed by atoms with Crippen LogP contribution in [0, 0.1) is 0 Å². The van der Waals surface area contributed by atoms with Gasteiger partial charge in [-0.25, -0.2) is 8.42 Å². The molecule has 1 aromatic rings. The highest BCUT2D eigenvalue weighted by Crippen LogP contribution is 2.12. The van der Waals surface area contributed by atoms with Gasteiger partial charge >= 0.3 is 0 Å². The Bertz CT molecular complexity index is 642. The van der Waals surface area contributed by atoms with Crippen LogP contribution in [0.2, 0.25) is 0 Å². The largest absolute Gasteiger partial charge is 0.382 e. The molecule has 0 amide bonds. The van der Waals surface area contributed by atoms with Gasteiger partial charge in [0.2, 0.25) is 0 Å². The number of benzene rings is 1. The van der Waals surface area contributed by atoms with Crippen molar-refractivity contribution >= 4 is 39.8 Å². The Hall–Kier alpha value is -0.910. The predicted octanol–water partition coefficient (Wildman–Crippen LogP) is 2.47. The molecule has 0 bridgehead atoms. The fourth-order valence-corrected chi connectivity index (χ4v) is 3.98. The van der Waals surface area contributed by atoms with E-state index < -0.39 is 9.84 Å². The van der Waals surface area contributed by atoms with Crippen molar-refractivity contribution in [2.75, 3.05) is 45.8 Å². The second kappa shape index (κ2) is 15.9. The number of sulfone groups is 1. The van der Waals surface area contributed by atoms with E-state index in [-0.39, 0.29) is 35.8 Å². The van der Waals surface area contributed by atoms with Gasteiger partial charge < -0.3 is 20.1 Å². The minimum atomic E-state index is -3.35. The molecule has 0 saturated heterocycles. The molecular weight excluding hydrogens is 493 g/mol. The standard InChI is InChI=1S/C19H33N3O4S.HI/c1-4-17(16-27(23,24)18-10-7-6-8-11-18)22-19(20-5-2)21-12-9-13-26-15-14-25-3;/h6-8,10-11,17H,4-5,9,12-16H2,1-3H3,(H2,20,21,22);1H. The zero-order valence-corrected chi connectivity index (χ0v) is 20.2. The molecule has 0 saturated carbocycles. The normalized spacial score (nSPS) is 12.9. The van der Waals surface area contributed by atoms with Crippen LogP contribution in [0.4, 0.5) is 0 Å². The summed E-state index contributed by atoms with van der Waals surface area (Å²) in [6.45, 7) is 7.03. The fraction of sp³-hybridized carbons (Fsp3) is 0.632. The van der Waals surface area contributed by atoms with Gasteiger partial charge in [-0.3, -0.25) is 4.99 Å². The average Bonchev–Trinajstić information content (AvgIpc) is 2.67. The van der Waals surface area contributed by atoms with Crippen molar-refractivity contribution in [1.29, 1.82) is 0 Å². The number of nitrogens with one attached hydrogen (secondary N) is 2. The van der Waals surface area contributed by atoms with Gasteiger partial charge in [0.05, 0.1) is 23.9 Å². The molecule has 0 radical (unpaired) electrons. The molecule has 0 aliphatic heterocycles. The number of nitrogens with zero attached hydrogens (tertiary/aromatic N) is 1. The number of ether oxygens (including phenoxy) is 2. The summed E-state index contributed by atoms with van der Waals surface area (Å²) in [5, 5.41) is 6.41. The molecule has 1 rings (SSSR count). The van der Waals surface area contributed by atoms with E-state index in [0.717, 1.165) is 6.42 Å². The Morgan fingerprint density at radius 2 is 1.86 bits per heavy atom. The van der Waals surface area contributed by atoms with Crippen LogP contribution in [0.15, 0.2) is 40.2 Å². The summed E-state index contributed by atoms with van der Waals surface area (Å²) in [6.07, 6.45) is 1.47. The van der Waals surface area contributed by atoms with Crippen molar-refractivity contribution in [2.45, 2.75) is 37.6 Å². The second-order valence-corrected chi connectivity index (χ2v) is 8.10. The van der Waals surface area contributed by atoms with Crippen LogP contribution in [-0.4, -0.2) is 66.2 Å². The predicted molar refractivity (Wildman–Crippen MR) is 124 cm³/mol. The number of methoxy groups -OCH3 is 1. The first-order chi connectivity index (χ1) is 13.0. The average molecular weight is 527 g/mol. The Kier molecular flexibility index (Phi) is 15.4. The molecule has 0 aromatic heterocycles. The molecule has 0 spiro atoms. The quantitative estimate of drug-likeness (QED) is 0.177. The van der Waals surface area contributed by atoms with Gasteiger partial charge in [-0.05, 0) is 31.9 Å². The maximum atomic E-state index is 12.6. The van der Waals surface area contributed by atoms with Crippen molar-refractivity contribution in [2.24, 2.45) is 4.99 Å². The third-order valence-electron chi connectivity index (χ3n) is 3.85. The molecule has 2 N–H and O–H groups in total. The highest BCUT2D eigenvalue weighted by atomic mass is 127. The summed E-state index contributed by atoms with van der Waals surface area (Å²) in [7, 11) is -1.70. The zero-order chi connectivity index (χ0) is 20.0. The number of hydrogen-bond acceptors (Lipinski definition) is 5. The van der Waals surface area contributed by atoms with E-state index in [1.165, 1.54) is 0 Å². The highest BCUT2D eigenvalue weighted by Gasteiger charge is 2.20. The van der Waals surface area contributed by atoms with E-state index >= 15 is 0 Å². The summed E-state index contributed by atoms with van der Waals surface area (Å²) in [4.78, 5) is 4.86. The second-order valence-electron chi connectivity index (χ2n) is 6.06. The van der Waals surface area contributed by atoms with E-state index in [0.29, 0.717) is 50.2 Å². The van der Waals surface area contributed by atoms with E-state index in [1.54, 1.807) is 31.4 Å². The Labute approximate surface area is 186 Å². The lowest BCUT2D eigenvalue weighted by atomic mass is 10.3. The van der Waals surface area contributed by atoms with Crippen LogP contribution < -0.4 is 10.6 Å². The van der Waals surface area contributed by atoms with Gasteiger partial charge in [0, 0.05) is 32.8 Å². The maximum absolute atomic E-state index is 12.6. The Morgan fingerprint density at radius 1 is 1.14 bits per heavy atom. The van der Waals surface area contributed by atoms with Crippen LogP contribution in [0.25, 0.3) is 0 Å². The van der Waals surface area contributed by atoms with Crippen molar-refractivity contribution < 1.29 is 17.9 Å². The van der Waals surface area contributed by atoms with E-state index in [4.69, 9.17) is 9.47 Å². The summed E-state index contributed by atoms with van der Waals surface area (Å²) >= 11 is 0. The SMILES string of the molecule is CCNC(=NCCCOCCOC)NC(CC)CS(=O)(=O)c1ccccc1.I. The van der Waals surface area contributed by atoms with Gasteiger partial charge in [0.25, 0.3) is 0 Å². The first-order valence-corrected chi connectivity index (χ1v) is 11.1. The molecule has 1 atom stereocenters. The number of aliphatic imine (C=N–C) groups is 1. The van der Waals surface area contributed by atoms with E-state index in [9.17, 15) is 8.42 Å². The topological polar surface area (TPSA) is 89.0 Å². The van der Waals surface area contributed by atoms with Crippen molar-refractivity contribution in [1.82, 2.24) is 10.6 Å².